The predicted molar refractivity (Wildman–Crippen MR) is 66.8 cm³/mol. The minimum atomic E-state index is 0.438. The number of hydrogen-bond donors (Lipinski definition) is 0. The second kappa shape index (κ2) is 5.48. The Morgan fingerprint density at radius 2 is 2.38 bits per heavy atom. The Kier molecular flexibility index (Phi) is 3.99. The molecule has 1 saturated heterocycles. The minimum Gasteiger partial charge on any atom is -0.355 e. The van der Waals surface area contributed by atoms with E-state index in [1.165, 1.54) is 19.3 Å². The normalized spacial score (nSPS) is 20.4. The van der Waals surface area contributed by atoms with E-state index in [4.69, 9.17) is 11.6 Å². The topological polar surface area (TPSA) is 29.0 Å². The van der Waals surface area contributed by atoms with Gasteiger partial charge in [-0.1, -0.05) is 13.3 Å². The van der Waals surface area contributed by atoms with Gasteiger partial charge in [-0.3, -0.25) is 4.98 Å². The van der Waals surface area contributed by atoms with Crippen LogP contribution in [0.3, 0.4) is 0 Å². The van der Waals surface area contributed by atoms with E-state index in [9.17, 15) is 0 Å². The van der Waals surface area contributed by atoms with Crippen LogP contribution < -0.4 is 4.90 Å². The molecule has 16 heavy (non-hydrogen) atoms. The highest BCUT2D eigenvalue weighted by Crippen LogP contribution is 2.24. The lowest BCUT2D eigenvalue weighted by Crippen LogP contribution is -2.21. The van der Waals surface area contributed by atoms with Gasteiger partial charge in [0.05, 0.1) is 17.8 Å². The van der Waals surface area contributed by atoms with E-state index in [2.05, 4.69) is 21.8 Å². The molecule has 1 unspecified atom stereocenters. The Hall–Kier alpha value is -0.830. The van der Waals surface area contributed by atoms with Crippen LogP contribution in [0, 0.1) is 5.92 Å². The molecule has 0 bridgehead atoms. The van der Waals surface area contributed by atoms with Crippen LogP contribution >= 0.6 is 11.6 Å². The monoisotopic (exact) mass is 239 g/mol. The van der Waals surface area contributed by atoms with E-state index in [0.29, 0.717) is 5.88 Å². The quantitative estimate of drug-likeness (QED) is 0.757. The van der Waals surface area contributed by atoms with Crippen molar-refractivity contribution in [3.05, 3.63) is 18.1 Å². The van der Waals surface area contributed by atoms with Crippen molar-refractivity contribution in [2.45, 2.75) is 32.1 Å². The fraction of sp³-hybridized carbons (Fsp3) is 0.667. The minimum absolute atomic E-state index is 0.438. The SMILES string of the molecule is CCCC1CCN(c2cncc(CCl)n2)C1. The van der Waals surface area contributed by atoms with Gasteiger partial charge in [0.2, 0.25) is 0 Å². The molecular weight excluding hydrogens is 222 g/mol. The molecule has 1 aliphatic heterocycles. The third-order valence-electron chi connectivity index (χ3n) is 3.12. The molecule has 0 saturated carbocycles. The highest BCUT2D eigenvalue weighted by atomic mass is 35.5. The maximum atomic E-state index is 5.76. The first-order valence-corrected chi connectivity index (χ1v) is 6.48. The zero-order valence-corrected chi connectivity index (χ0v) is 10.5. The molecule has 2 rings (SSSR count). The first kappa shape index (κ1) is 11.6. The molecule has 0 radical (unpaired) electrons. The van der Waals surface area contributed by atoms with Crippen molar-refractivity contribution in [1.82, 2.24) is 9.97 Å². The van der Waals surface area contributed by atoms with Crippen LogP contribution in [-0.4, -0.2) is 23.1 Å². The molecule has 88 valence electrons. The van der Waals surface area contributed by atoms with Crippen LogP contribution in [0.1, 0.15) is 31.9 Å². The number of alkyl halides is 1. The van der Waals surface area contributed by atoms with Crippen molar-refractivity contribution < 1.29 is 0 Å². The van der Waals surface area contributed by atoms with Crippen LogP contribution in [0.5, 0.6) is 0 Å². The van der Waals surface area contributed by atoms with Crippen LogP contribution in [0.4, 0.5) is 5.82 Å². The Balaban J connectivity index is 2.02. The molecule has 0 N–H and O–H groups in total. The average Bonchev–Trinajstić information content (AvgIpc) is 2.78. The highest BCUT2D eigenvalue weighted by Gasteiger charge is 2.22. The fourth-order valence-electron chi connectivity index (χ4n) is 2.30. The number of nitrogens with zero attached hydrogens (tertiary/aromatic N) is 3. The summed E-state index contributed by atoms with van der Waals surface area (Å²) in [4.78, 5) is 11.0. The second-order valence-corrected chi connectivity index (χ2v) is 4.66. The molecule has 1 aromatic heterocycles. The largest absolute Gasteiger partial charge is 0.355 e. The van der Waals surface area contributed by atoms with E-state index >= 15 is 0 Å². The predicted octanol–water partition coefficient (Wildman–Crippen LogP) is 2.84. The number of hydrogen-bond acceptors (Lipinski definition) is 3. The van der Waals surface area contributed by atoms with Gasteiger partial charge < -0.3 is 4.90 Å². The van der Waals surface area contributed by atoms with Crippen molar-refractivity contribution in [2.75, 3.05) is 18.0 Å². The molecule has 1 fully saturated rings. The zero-order chi connectivity index (χ0) is 11.4. The molecule has 4 heteroatoms. The molecule has 1 aromatic rings. The van der Waals surface area contributed by atoms with Crippen LogP contribution in [0.25, 0.3) is 0 Å². The number of aromatic nitrogens is 2. The summed E-state index contributed by atoms with van der Waals surface area (Å²) in [6.07, 6.45) is 7.44. The van der Waals surface area contributed by atoms with Crippen molar-refractivity contribution >= 4 is 17.4 Å². The standard InChI is InChI=1S/C12H18ClN3/c1-2-3-10-4-5-16(9-10)12-8-14-7-11(6-13)15-12/h7-8,10H,2-6,9H2,1H3. The summed E-state index contributed by atoms with van der Waals surface area (Å²) in [5.74, 6) is 2.25. The third kappa shape index (κ3) is 2.64. The lowest BCUT2D eigenvalue weighted by molar-refractivity contribution is 0.529. The first-order chi connectivity index (χ1) is 7.83. The van der Waals surface area contributed by atoms with Gasteiger partial charge in [-0.2, -0.15) is 0 Å². The van der Waals surface area contributed by atoms with E-state index in [-0.39, 0.29) is 0 Å². The van der Waals surface area contributed by atoms with Crippen LogP contribution in [-0.2, 0) is 5.88 Å². The first-order valence-electron chi connectivity index (χ1n) is 5.95. The maximum Gasteiger partial charge on any atom is 0.147 e. The number of anilines is 1. The van der Waals surface area contributed by atoms with E-state index in [0.717, 1.165) is 30.5 Å². The molecule has 0 aliphatic carbocycles. The van der Waals surface area contributed by atoms with Gasteiger partial charge in [0.25, 0.3) is 0 Å². The number of rotatable bonds is 4. The second-order valence-electron chi connectivity index (χ2n) is 4.39. The Labute approximate surface area is 102 Å². The molecule has 1 atom stereocenters. The summed E-state index contributed by atoms with van der Waals surface area (Å²) in [6, 6.07) is 0. The average molecular weight is 240 g/mol. The van der Waals surface area contributed by atoms with Gasteiger partial charge in [0, 0.05) is 19.3 Å². The van der Waals surface area contributed by atoms with Crippen molar-refractivity contribution in [2.24, 2.45) is 5.92 Å². The summed E-state index contributed by atoms with van der Waals surface area (Å²) < 4.78 is 0. The van der Waals surface area contributed by atoms with Gasteiger partial charge in [-0.25, -0.2) is 4.98 Å². The zero-order valence-electron chi connectivity index (χ0n) is 9.69. The Bertz CT molecular complexity index is 343. The fourth-order valence-corrected chi connectivity index (χ4v) is 2.42. The molecule has 2 heterocycles. The summed E-state index contributed by atoms with van der Waals surface area (Å²) in [5.41, 5.74) is 0.859. The molecule has 0 spiro atoms. The van der Waals surface area contributed by atoms with Gasteiger partial charge in [0.15, 0.2) is 0 Å². The van der Waals surface area contributed by atoms with Crippen molar-refractivity contribution in [1.29, 1.82) is 0 Å². The summed E-state index contributed by atoms with van der Waals surface area (Å²) in [6.45, 7) is 4.47. The van der Waals surface area contributed by atoms with Gasteiger partial charge in [-0.15, -0.1) is 11.6 Å². The Morgan fingerprint density at radius 1 is 1.50 bits per heavy atom. The Morgan fingerprint density at radius 3 is 3.12 bits per heavy atom. The van der Waals surface area contributed by atoms with E-state index in [1.54, 1.807) is 6.20 Å². The smallest absolute Gasteiger partial charge is 0.147 e. The van der Waals surface area contributed by atoms with E-state index in [1.807, 2.05) is 6.20 Å². The van der Waals surface area contributed by atoms with Crippen molar-refractivity contribution in [3.63, 3.8) is 0 Å². The number of halogens is 1. The van der Waals surface area contributed by atoms with Gasteiger partial charge in [0.1, 0.15) is 5.82 Å². The lowest BCUT2D eigenvalue weighted by atomic mass is 10.0. The molecule has 0 aromatic carbocycles. The van der Waals surface area contributed by atoms with Crippen LogP contribution in [0.2, 0.25) is 0 Å². The van der Waals surface area contributed by atoms with Crippen LogP contribution in [0.15, 0.2) is 12.4 Å². The third-order valence-corrected chi connectivity index (χ3v) is 3.39. The highest BCUT2D eigenvalue weighted by molar-refractivity contribution is 6.16. The molecular formula is C12H18ClN3. The van der Waals surface area contributed by atoms with Crippen molar-refractivity contribution in [3.8, 4) is 0 Å². The summed E-state index contributed by atoms with van der Waals surface area (Å²) in [7, 11) is 0. The van der Waals surface area contributed by atoms with Gasteiger partial charge >= 0.3 is 0 Å². The maximum absolute atomic E-state index is 5.76. The van der Waals surface area contributed by atoms with E-state index < -0.39 is 0 Å². The summed E-state index contributed by atoms with van der Waals surface area (Å²) >= 11 is 5.76. The molecule has 3 nitrogen and oxygen atoms in total. The lowest BCUT2D eigenvalue weighted by Gasteiger charge is -2.17. The van der Waals surface area contributed by atoms with Gasteiger partial charge in [-0.05, 0) is 18.8 Å². The molecule has 0 amide bonds. The summed E-state index contributed by atoms with van der Waals surface area (Å²) in [5, 5.41) is 0. The molecule has 1 aliphatic rings.